The Morgan fingerprint density at radius 2 is 2.21 bits per heavy atom. The second-order valence-corrected chi connectivity index (χ2v) is 5.07. The highest BCUT2D eigenvalue weighted by atomic mass is 35.5. The fraction of sp³-hybridized carbons (Fsp3) is 0.357. The summed E-state index contributed by atoms with van der Waals surface area (Å²) in [6.45, 7) is 2.64. The maximum Gasteiger partial charge on any atom is 0.141 e. The Bertz CT molecular complexity index is 553. The van der Waals surface area contributed by atoms with Crippen molar-refractivity contribution in [1.82, 2.24) is 9.78 Å². The molecule has 0 aliphatic carbocycles. The van der Waals surface area contributed by atoms with Crippen molar-refractivity contribution >= 4 is 11.6 Å². The molecule has 3 nitrogen and oxygen atoms in total. The fourth-order valence-electron chi connectivity index (χ4n) is 1.87. The maximum atomic E-state index is 13.1. The van der Waals surface area contributed by atoms with Gasteiger partial charge in [-0.2, -0.15) is 5.10 Å². The molecule has 2 N–H and O–H groups in total. The van der Waals surface area contributed by atoms with Crippen LogP contribution >= 0.6 is 11.6 Å². The number of nitrogens with zero attached hydrogens (tertiary/aromatic N) is 2. The van der Waals surface area contributed by atoms with Crippen molar-refractivity contribution in [2.75, 3.05) is 0 Å². The summed E-state index contributed by atoms with van der Waals surface area (Å²) < 4.78 is 14.9. The normalized spacial score (nSPS) is 12.6. The molecule has 1 atom stereocenters. The molecule has 1 heterocycles. The average Bonchev–Trinajstić information content (AvgIpc) is 2.81. The summed E-state index contributed by atoms with van der Waals surface area (Å²) in [4.78, 5) is 0. The van der Waals surface area contributed by atoms with E-state index in [1.807, 2.05) is 12.4 Å². The van der Waals surface area contributed by atoms with Crippen LogP contribution in [0.2, 0.25) is 5.02 Å². The first kappa shape index (κ1) is 14.0. The van der Waals surface area contributed by atoms with Crippen molar-refractivity contribution < 1.29 is 4.39 Å². The van der Waals surface area contributed by atoms with Crippen molar-refractivity contribution in [3.63, 3.8) is 0 Å². The minimum atomic E-state index is -0.402. The number of hydrogen-bond acceptors (Lipinski definition) is 2. The Morgan fingerprint density at radius 1 is 1.42 bits per heavy atom. The molecule has 2 aromatic rings. The van der Waals surface area contributed by atoms with Gasteiger partial charge in [0.05, 0.1) is 17.8 Å². The second-order valence-electron chi connectivity index (χ2n) is 4.67. The standard InChI is InChI=1S/C14H17ClFN3/c1-2-12(17)5-11-7-18-19(9-11)8-10-3-4-14(16)13(15)6-10/h3-4,6-7,9,12H,2,5,8,17H2,1H3. The third-order valence-corrected chi connectivity index (χ3v) is 3.33. The molecular formula is C14H17ClFN3. The van der Waals surface area contributed by atoms with Crippen LogP contribution in [0.15, 0.2) is 30.6 Å². The number of hydrogen-bond donors (Lipinski definition) is 1. The first-order valence-electron chi connectivity index (χ1n) is 6.29. The molecule has 19 heavy (non-hydrogen) atoms. The Labute approximate surface area is 117 Å². The van der Waals surface area contributed by atoms with Crippen molar-refractivity contribution in [1.29, 1.82) is 0 Å². The zero-order chi connectivity index (χ0) is 13.8. The quantitative estimate of drug-likeness (QED) is 0.915. The van der Waals surface area contributed by atoms with E-state index in [2.05, 4.69) is 12.0 Å². The number of halogens is 2. The van der Waals surface area contributed by atoms with Crippen LogP contribution in [0.3, 0.4) is 0 Å². The van der Waals surface area contributed by atoms with E-state index in [0.717, 1.165) is 24.0 Å². The van der Waals surface area contributed by atoms with Crippen LogP contribution in [-0.4, -0.2) is 15.8 Å². The van der Waals surface area contributed by atoms with Gasteiger partial charge in [0.15, 0.2) is 0 Å². The second kappa shape index (κ2) is 6.17. The van der Waals surface area contributed by atoms with Gasteiger partial charge in [0.2, 0.25) is 0 Å². The van der Waals surface area contributed by atoms with E-state index in [0.29, 0.717) is 6.54 Å². The van der Waals surface area contributed by atoms with Crippen molar-refractivity contribution in [3.05, 3.63) is 52.6 Å². The molecule has 0 aliphatic heterocycles. The minimum Gasteiger partial charge on any atom is -0.327 e. The van der Waals surface area contributed by atoms with Gasteiger partial charge >= 0.3 is 0 Å². The molecular weight excluding hydrogens is 265 g/mol. The molecule has 0 aliphatic rings. The molecule has 1 aromatic carbocycles. The van der Waals surface area contributed by atoms with Gasteiger partial charge < -0.3 is 5.73 Å². The van der Waals surface area contributed by atoms with Gasteiger partial charge in [-0.3, -0.25) is 4.68 Å². The van der Waals surface area contributed by atoms with Crippen molar-refractivity contribution in [3.8, 4) is 0 Å². The maximum absolute atomic E-state index is 13.1. The topological polar surface area (TPSA) is 43.8 Å². The predicted molar refractivity (Wildman–Crippen MR) is 74.7 cm³/mol. The molecule has 5 heteroatoms. The van der Waals surface area contributed by atoms with E-state index in [9.17, 15) is 4.39 Å². The van der Waals surface area contributed by atoms with Crippen LogP contribution in [-0.2, 0) is 13.0 Å². The fourth-order valence-corrected chi connectivity index (χ4v) is 2.07. The Kier molecular flexibility index (Phi) is 4.56. The monoisotopic (exact) mass is 281 g/mol. The third kappa shape index (κ3) is 3.78. The van der Waals surface area contributed by atoms with E-state index in [-0.39, 0.29) is 11.1 Å². The molecule has 0 fully saturated rings. The highest BCUT2D eigenvalue weighted by molar-refractivity contribution is 6.30. The molecule has 0 spiro atoms. The molecule has 2 rings (SSSR count). The Morgan fingerprint density at radius 3 is 2.89 bits per heavy atom. The molecule has 0 bridgehead atoms. The summed E-state index contributed by atoms with van der Waals surface area (Å²) in [6.07, 6.45) is 5.55. The first-order chi connectivity index (χ1) is 9.08. The van der Waals surface area contributed by atoms with Crippen LogP contribution < -0.4 is 5.73 Å². The lowest BCUT2D eigenvalue weighted by Crippen LogP contribution is -2.21. The van der Waals surface area contributed by atoms with Crippen molar-refractivity contribution in [2.45, 2.75) is 32.4 Å². The van der Waals surface area contributed by atoms with E-state index >= 15 is 0 Å². The van der Waals surface area contributed by atoms with Gasteiger partial charge in [-0.25, -0.2) is 4.39 Å². The summed E-state index contributed by atoms with van der Waals surface area (Å²) in [6, 6.07) is 4.86. The highest BCUT2D eigenvalue weighted by Crippen LogP contribution is 2.16. The Balaban J connectivity index is 2.05. The highest BCUT2D eigenvalue weighted by Gasteiger charge is 2.06. The van der Waals surface area contributed by atoms with Crippen LogP contribution in [0.5, 0.6) is 0 Å². The lowest BCUT2D eigenvalue weighted by atomic mass is 10.1. The van der Waals surface area contributed by atoms with E-state index in [4.69, 9.17) is 17.3 Å². The lowest BCUT2D eigenvalue weighted by Gasteiger charge is -2.05. The van der Waals surface area contributed by atoms with E-state index in [1.54, 1.807) is 16.8 Å². The predicted octanol–water partition coefficient (Wildman–Crippen LogP) is 3.00. The number of benzene rings is 1. The number of nitrogens with two attached hydrogens (primary N) is 1. The zero-order valence-electron chi connectivity index (χ0n) is 10.8. The molecule has 0 saturated heterocycles. The number of aromatic nitrogens is 2. The van der Waals surface area contributed by atoms with E-state index in [1.165, 1.54) is 6.07 Å². The molecule has 1 aromatic heterocycles. The van der Waals surface area contributed by atoms with Gasteiger partial charge in [0.25, 0.3) is 0 Å². The smallest absolute Gasteiger partial charge is 0.141 e. The third-order valence-electron chi connectivity index (χ3n) is 3.04. The van der Waals surface area contributed by atoms with Crippen molar-refractivity contribution in [2.24, 2.45) is 5.73 Å². The average molecular weight is 282 g/mol. The SMILES string of the molecule is CCC(N)Cc1cnn(Cc2ccc(F)c(Cl)c2)c1. The molecule has 0 radical (unpaired) electrons. The Hall–Kier alpha value is -1.39. The molecule has 102 valence electrons. The zero-order valence-corrected chi connectivity index (χ0v) is 11.6. The van der Waals surface area contributed by atoms with Gasteiger partial charge in [0, 0.05) is 12.2 Å². The van der Waals surface area contributed by atoms with Gasteiger partial charge in [-0.1, -0.05) is 24.6 Å². The van der Waals surface area contributed by atoms with Gasteiger partial charge in [0.1, 0.15) is 5.82 Å². The summed E-state index contributed by atoms with van der Waals surface area (Å²) in [5.41, 5.74) is 7.94. The van der Waals surface area contributed by atoms with Crippen LogP contribution in [0, 0.1) is 5.82 Å². The van der Waals surface area contributed by atoms with Gasteiger partial charge in [-0.15, -0.1) is 0 Å². The first-order valence-corrected chi connectivity index (χ1v) is 6.67. The molecule has 1 unspecified atom stereocenters. The van der Waals surface area contributed by atoms with Gasteiger partial charge in [-0.05, 0) is 36.1 Å². The van der Waals surface area contributed by atoms with E-state index < -0.39 is 5.82 Å². The minimum absolute atomic E-state index is 0.137. The number of rotatable bonds is 5. The summed E-state index contributed by atoms with van der Waals surface area (Å²) in [7, 11) is 0. The van der Waals surface area contributed by atoms with Crippen LogP contribution in [0.4, 0.5) is 4.39 Å². The summed E-state index contributed by atoms with van der Waals surface area (Å²) in [5.74, 6) is -0.402. The largest absolute Gasteiger partial charge is 0.327 e. The lowest BCUT2D eigenvalue weighted by molar-refractivity contribution is 0.624. The van der Waals surface area contributed by atoms with Crippen LogP contribution in [0.25, 0.3) is 0 Å². The summed E-state index contributed by atoms with van der Waals surface area (Å²) >= 11 is 5.75. The molecule has 0 amide bonds. The molecule has 0 saturated carbocycles. The van der Waals surface area contributed by atoms with Crippen LogP contribution in [0.1, 0.15) is 24.5 Å². The summed E-state index contributed by atoms with van der Waals surface area (Å²) in [5, 5.41) is 4.41.